The molecule has 1 saturated heterocycles. The summed E-state index contributed by atoms with van der Waals surface area (Å²) in [5.74, 6) is 0.257. The van der Waals surface area contributed by atoms with E-state index in [0.717, 1.165) is 38.2 Å². The molecule has 0 saturated carbocycles. The van der Waals surface area contributed by atoms with Gasteiger partial charge in [0.05, 0.1) is 0 Å². The van der Waals surface area contributed by atoms with Crippen LogP contribution in [-0.2, 0) is 11.2 Å². The standard InChI is InChI=1S/C16H23N3O/c1-3-13-11-19(9-8-18(13)2)16(20)15-10-12-6-4-5-7-14(12)17-15/h4-7,13,15,17H,3,8-11H2,1-2H3. The second kappa shape index (κ2) is 5.44. The average Bonchev–Trinajstić information content (AvgIpc) is 2.91. The van der Waals surface area contributed by atoms with E-state index < -0.39 is 0 Å². The van der Waals surface area contributed by atoms with Gasteiger partial charge >= 0.3 is 0 Å². The van der Waals surface area contributed by atoms with Crippen molar-refractivity contribution in [2.45, 2.75) is 31.8 Å². The molecule has 0 bridgehead atoms. The summed E-state index contributed by atoms with van der Waals surface area (Å²) in [6.45, 7) is 4.88. The number of hydrogen-bond donors (Lipinski definition) is 1. The Labute approximate surface area is 120 Å². The SMILES string of the molecule is CCC1CN(C(=O)C2Cc3ccccc3N2)CCN1C. The third-order valence-electron chi connectivity index (χ3n) is 4.63. The van der Waals surface area contributed by atoms with Crippen molar-refractivity contribution < 1.29 is 4.79 Å². The third-order valence-corrected chi connectivity index (χ3v) is 4.63. The summed E-state index contributed by atoms with van der Waals surface area (Å²) in [6, 6.07) is 8.64. The first kappa shape index (κ1) is 13.4. The van der Waals surface area contributed by atoms with Crippen LogP contribution < -0.4 is 5.32 Å². The summed E-state index contributed by atoms with van der Waals surface area (Å²) in [6.07, 6.45) is 1.91. The second-order valence-electron chi connectivity index (χ2n) is 5.89. The van der Waals surface area contributed by atoms with Gasteiger partial charge in [0.25, 0.3) is 0 Å². The fraction of sp³-hybridized carbons (Fsp3) is 0.562. The molecule has 1 amide bonds. The van der Waals surface area contributed by atoms with E-state index in [1.54, 1.807) is 0 Å². The first-order valence-corrected chi connectivity index (χ1v) is 7.52. The number of para-hydroxylation sites is 1. The number of amides is 1. The molecule has 0 spiro atoms. The van der Waals surface area contributed by atoms with E-state index in [4.69, 9.17) is 0 Å². The van der Waals surface area contributed by atoms with E-state index >= 15 is 0 Å². The number of nitrogens with zero attached hydrogens (tertiary/aromatic N) is 2. The first-order chi connectivity index (χ1) is 9.69. The van der Waals surface area contributed by atoms with Gasteiger partial charge in [-0.2, -0.15) is 0 Å². The van der Waals surface area contributed by atoms with Gasteiger partial charge in [-0.1, -0.05) is 25.1 Å². The van der Waals surface area contributed by atoms with Gasteiger partial charge in [0.2, 0.25) is 5.91 Å². The molecule has 2 aliphatic rings. The predicted octanol–water partition coefficient (Wildman–Crippen LogP) is 1.58. The highest BCUT2D eigenvalue weighted by molar-refractivity contribution is 5.87. The van der Waals surface area contributed by atoms with Gasteiger partial charge in [-0.25, -0.2) is 0 Å². The van der Waals surface area contributed by atoms with Crippen molar-refractivity contribution >= 4 is 11.6 Å². The highest BCUT2D eigenvalue weighted by atomic mass is 16.2. The van der Waals surface area contributed by atoms with Gasteiger partial charge < -0.3 is 10.2 Å². The Kier molecular flexibility index (Phi) is 3.66. The lowest BCUT2D eigenvalue weighted by molar-refractivity contribution is -0.134. The van der Waals surface area contributed by atoms with E-state index in [0.29, 0.717) is 6.04 Å². The third kappa shape index (κ3) is 2.40. The molecule has 3 rings (SSSR count). The summed E-state index contributed by atoms with van der Waals surface area (Å²) in [5.41, 5.74) is 2.37. The van der Waals surface area contributed by atoms with Crippen molar-refractivity contribution in [3.05, 3.63) is 29.8 Å². The zero-order valence-electron chi connectivity index (χ0n) is 12.3. The van der Waals surface area contributed by atoms with Gasteiger partial charge in [0, 0.05) is 37.8 Å². The molecule has 2 unspecified atom stereocenters. The number of nitrogens with one attached hydrogen (secondary N) is 1. The van der Waals surface area contributed by atoms with Crippen LogP contribution in [0.1, 0.15) is 18.9 Å². The molecule has 1 aromatic rings. The van der Waals surface area contributed by atoms with Crippen molar-refractivity contribution in [1.82, 2.24) is 9.80 Å². The van der Waals surface area contributed by atoms with Crippen molar-refractivity contribution in [2.24, 2.45) is 0 Å². The largest absolute Gasteiger partial charge is 0.373 e. The number of carbonyl (C=O) groups excluding carboxylic acids is 1. The first-order valence-electron chi connectivity index (χ1n) is 7.52. The number of piperazine rings is 1. The zero-order chi connectivity index (χ0) is 14.1. The molecular weight excluding hydrogens is 250 g/mol. The Balaban J connectivity index is 1.66. The zero-order valence-corrected chi connectivity index (χ0v) is 12.3. The lowest BCUT2D eigenvalue weighted by Gasteiger charge is -2.40. The van der Waals surface area contributed by atoms with Crippen LogP contribution in [0.3, 0.4) is 0 Å². The Morgan fingerprint density at radius 1 is 1.35 bits per heavy atom. The summed E-state index contributed by atoms with van der Waals surface area (Å²) >= 11 is 0. The van der Waals surface area contributed by atoms with Crippen LogP contribution in [-0.4, -0.2) is 54.5 Å². The second-order valence-corrected chi connectivity index (χ2v) is 5.89. The van der Waals surface area contributed by atoms with Crippen LogP contribution in [0.15, 0.2) is 24.3 Å². The Bertz CT molecular complexity index is 477. The van der Waals surface area contributed by atoms with Crippen LogP contribution in [0.4, 0.5) is 5.69 Å². The van der Waals surface area contributed by atoms with Crippen LogP contribution >= 0.6 is 0 Å². The van der Waals surface area contributed by atoms with Crippen molar-refractivity contribution in [1.29, 1.82) is 0 Å². The Hall–Kier alpha value is -1.55. The van der Waals surface area contributed by atoms with Gasteiger partial charge in [0.1, 0.15) is 6.04 Å². The maximum absolute atomic E-state index is 12.7. The number of fused-ring (bicyclic) bond motifs is 1. The highest BCUT2D eigenvalue weighted by Crippen LogP contribution is 2.26. The maximum atomic E-state index is 12.7. The monoisotopic (exact) mass is 273 g/mol. The number of likely N-dealkylation sites (N-methyl/N-ethyl adjacent to an activating group) is 1. The Morgan fingerprint density at radius 2 is 2.15 bits per heavy atom. The smallest absolute Gasteiger partial charge is 0.245 e. The molecule has 2 heterocycles. The normalized spacial score (nSPS) is 26.2. The van der Waals surface area contributed by atoms with Gasteiger partial charge in [0.15, 0.2) is 0 Å². The van der Waals surface area contributed by atoms with E-state index in [2.05, 4.69) is 36.3 Å². The van der Waals surface area contributed by atoms with Gasteiger partial charge in [-0.15, -0.1) is 0 Å². The molecule has 0 aliphatic carbocycles. The highest BCUT2D eigenvalue weighted by Gasteiger charge is 2.33. The molecule has 20 heavy (non-hydrogen) atoms. The number of anilines is 1. The molecule has 0 aromatic heterocycles. The molecular formula is C16H23N3O. The number of benzene rings is 1. The Morgan fingerprint density at radius 3 is 2.90 bits per heavy atom. The van der Waals surface area contributed by atoms with E-state index in [1.165, 1.54) is 5.56 Å². The van der Waals surface area contributed by atoms with Crippen molar-refractivity contribution in [3.63, 3.8) is 0 Å². The van der Waals surface area contributed by atoms with Gasteiger partial charge in [-0.05, 0) is 25.1 Å². The minimum Gasteiger partial charge on any atom is -0.373 e. The lowest BCUT2D eigenvalue weighted by atomic mass is 10.1. The number of carbonyl (C=O) groups is 1. The quantitative estimate of drug-likeness (QED) is 0.888. The van der Waals surface area contributed by atoms with Crippen molar-refractivity contribution in [3.8, 4) is 0 Å². The molecule has 0 radical (unpaired) electrons. The predicted molar refractivity (Wildman–Crippen MR) is 80.8 cm³/mol. The molecule has 4 nitrogen and oxygen atoms in total. The topological polar surface area (TPSA) is 35.6 Å². The summed E-state index contributed by atoms with van der Waals surface area (Å²) < 4.78 is 0. The van der Waals surface area contributed by atoms with Crippen LogP contribution in [0.5, 0.6) is 0 Å². The van der Waals surface area contributed by atoms with E-state index in [-0.39, 0.29) is 11.9 Å². The summed E-state index contributed by atoms with van der Waals surface area (Å²) in [7, 11) is 2.15. The summed E-state index contributed by atoms with van der Waals surface area (Å²) in [5, 5.41) is 3.37. The number of rotatable bonds is 2. The molecule has 1 N–H and O–H groups in total. The minimum atomic E-state index is -0.0756. The van der Waals surface area contributed by atoms with Crippen LogP contribution in [0.2, 0.25) is 0 Å². The fourth-order valence-electron chi connectivity index (χ4n) is 3.25. The molecule has 1 fully saturated rings. The molecule has 2 atom stereocenters. The van der Waals surface area contributed by atoms with E-state index in [1.807, 2.05) is 17.0 Å². The fourth-order valence-corrected chi connectivity index (χ4v) is 3.25. The minimum absolute atomic E-state index is 0.0756. The maximum Gasteiger partial charge on any atom is 0.245 e. The lowest BCUT2D eigenvalue weighted by Crippen LogP contribution is -2.55. The summed E-state index contributed by atoms with van der Waals surface area (Å²) in [4.78, 5) is 17.1. The number of hydrogen-bond acceptors (Lipinski definition) is 3. The molecule has 1 aromatic carbocycles. The van der Waals surface area contributed by atoms with Gasteiger partial charge in [-0.3, -0.25) is 9.69 Å². The van der Waals surface area contributed by atoms with Crippen LogP contribution in [0, 0.1) is 0 Å². The molecule has 108 valence electrons. The molecule has 4 heteroatoms. The van der Waals surface area contributed by atoms with Crippen molar-refractivity contribution in [2.75, 3.05) is 32.0 Å². The van der Waals surface area contributed by atoms with E-state index in [9.17, 15) is 4.79 Å². The average molecular weight is 273 g/mol. The molecule has 2 aliphatic heterocycles. The van der Waals surface area contributed by atoms with Crippen LogP contribution in [0.25, 0.3) is 0 Å².